The zero-order chi connectivity index (χ0) is 10.3. The van der Waals surface area contributed by atoms with Gasteiger partial charge in [0.15, 0.2) is 0 Å². The van der Waals surface area contributed by atoms with Gasteiger partial charge in [-0.3, -0.25) is 4.79 Å². The summed E-state index contributed by atoms with van der Waals surface area (Å²) in [6.45, 7) is 1.48. The maximum atomic E-state index is 13.3. The fourth-order valence-corrected chi connectivity index (χ4v) is 1.85. The van der Waals surface area contributed by atoms with E-state index in [0.717, 1.165) is 0 Å². The van der Waals surface area contributed by atoms with E-state index in [1.54, 1.807) is 0 Å². The van der Waals surface area contributed by atoms with Crippen LogP contribution >= 0.6 is 11.6 Å². The Morgan fingerprint density at radius 1 is 1.64 bits per heavy atom. The van der Waals surface area contributed by atoms with Crippen molar-refractivity contribution in [3.05, 3.63) is 28.8 Å². The van der Waals surface area contributed by atoms with Crippen molar-refractivity contribution in [2.24, 2.45) is 0 Å². The number of hydrogen-bond donors (Lipinski definition) is 0. The Morgan fingerprint density at radius 3 is 2.79 bits per heavy atom. The van der Waals surface area contributed by atoms with Crippen LogP contribution in [0.25, 0.3) is 0 Å². The molecule has 4 heteroatoms. The molecule has 0 radical (unpaired) electrons. The summed E-state index contributed by atoms with van der Waals surface area (Å²) < 4.78 is 13.3. The summed E-state index contributed by atoms with van der Waals surface area (Å²) in [6, 6.07) is 1.50. The summed E-state index contributed by atoms with van der Waals surface area (Å²) >= 11 is 5.71. The minimum atomic E-state index is -0.637. The Bertz CT molecular complexity index is 401. The minimum absolute atomic E-state index is 0.0135. The van der Waals surface area contributed by atoms with E-state index in [1.807, 2.05) is 0 Å². The Morgan fingerprint density at radius 2 is 2.29 bits per heavy atom. The largest absolute Gasteiger partial charge is 0.299 e. The first-order valence-corrected chi connectivity index (χ1v) is 4.76. The van der Waals surface area contributed by atoms with Crippen LogP contribution in [0.5, 0.6) is 0 Å². The highest BCUT2D eigenvalue weighted by molar-refractivity contribution is 6.30. The molecule has 0 atom stereocenters. The Balaban J connectivity index is 2.51. The first-order chi connectivity index (χ1) is 6.56. The van der Waals surface area contributed by atoms with E-state index in [9.17, 15) is 9.18 Å². The lowest BCUT2D eigenvalue weighted by atomic mass is 9.93. The van der Waals surface area contributed by atoms with Gasteiger partial charge in [-0.2, -0.15) is 4.39 Å². The van der Waals surface area contributed by atoms with E-state index in [4.69, 9.17) is 11.6 Å². The number of rotatable bonds is 2. The van der Waals surface area contributed by atoms with Gasteiger partial charge in [-0.1, -0.05) is 11.6 Å². The van der Waals surface area contributed by atoms with Crippen molar-refractivity contribution in [2.75, 3.05) is 0 Å². The van der Waals surface area contributed by atoms with Gasteiger partial charge in [0.05, 0.1) is 10.4 Å². The second kappa shape index (κ2) is 3.02. The molecule has 1 saturated carbocycles. The smallest absolute Gasteiger partial charge is 0.217 e. The predicted molar refractivity (Wildman–Crippen MR) is 50.8 cm³/mol. The highest BCUT2D eigenvalue weighted by Crippen LogP contribution is 2.49. The molecule has 1 heterocycles. The molecule has 0 aliphatic heterocycles. The molecular formula is C10H9ClFNO. The summed E-state index contributed by atoms with van der Waals surface area (Å²) in [5, 5.41) is 0.369. The van der Waals surface area contributed by atoms with Crippen LogP contribution < -0.4 is 0 Å². The third-order valence-corrected chi connectivity index (χ3v) is 2.95. The SMILES string of the molecule is CC(=O)C1(c2cc(Cl)cnc2F)CC1. The number of halogens is 2. The van der Waals surface area contributed by atoms with Gasteiger partial charge >= 0.3 is 0 Å². The zero-order valence-electron chi connectivity index (χ0n) is 7.68. The van der Waals surface area contributed by atoms with Crippen LogP contribution in [0.2, 0.25) is 5.02 Å². The molecule has 14 heavy (non-hydrogen) atoms. The van der Waals surface area contributed by atoms with Gasteiger partial charge in [0.25, 0.3) is 0 Å². The van der Waals surface area contributed by atoms with E-state index >= 15 is 0 Å². The maximum Gasteiger partial charge on any atom is 0.217 e. The summed E-state index contributed by atoms with van der Waals surface area (Å²) in [5.74, 6) is -0.595. The normalized spacial score (nSPS) is 17.9. The van der Waals surface area contributed by atoms with Crippen LogP contribution in [-0.2, 0) is 10.2 Å². The van der Waals surface area contributed by atoms with Gasteiger partial charge in [-0.15, -0.1) is 0 Å². The Labute approximate surface area is 86.1 Å². The van der Waals surface area contributed by atoms with Crippen LogP contribution in [0.1, 0.15) is 25.3 Å². The molecule has 0 bridgehead atoms. The fourth-order valence-electron chi connectivity index (χ4n) is 1.69. The molecule has 0 spiro atoms. The molecule has 2 rings (SSSR count). The molecule has 1 aromatic heterocycles. The van der Waals surface area contributed by atoms with E-state index in [2.05, 4.69) is 4.98 Å². The second-order valence-electron chi connectivity index (χ2n) is 3.63. The van der Waals surface area contributed by atoms with Crippen LogP contribution in [-0.4, -0.2) is 10.8 Å². The van der Waals surface area contributed by atoms with Gasteiger partial charge < -0.3 is 0 Å². The van der Waals surface area contributed by atoms with Gasteiger partial charge in [-0.25, -0.2) is 4.98 Å². The molecule has 1 aromatic rings. The summed E-state index contributed by atoms with van der Waals surface area (Å²) in [7, 11) is 0. The van der Waals surface area contributed by atoms with E-state index in [1.165, 1.54) is 19.2 Å². The quantitative estimate of drug-likeness (QED) is 0.707. The number of Topliss-reactive ketones (excluding diaryl/α,β-unsaturated/α-hetero) is 1. The number of ketones is 1. The monoisotopic (exact) mass is 213 g/mol. The van der Waals surface area contributed by atoms with Crippen LogP contribution in [0.15, 0.2) is 12.3 Å². The van der Waals surface area contributed by atoms with Crippen LogP contribution in [0.4, 0.5) is 4.39 Å². The summed E-state index contributed by atoms with van der Waals surface area (Å²) in [6.07, 6.45) is 2.64. The minimum Gasteiger partial charge on any atom is -0.299 e. The standard InChI is InChI=1S/C10H9ClFNO/c1-6(14)10(2-3-10)8-4-7(11)5-13-9(8)12/h4-5H,2-3H2,1H3. The van der Waals surface area contributed by atoms with Crippen molar-refractivity contribution in [1.29, 1.82) is 0 Å². The van der Waals surface area contributed by atoms with Crippen molar-refractivity contribution in [2.45, 2.75) is 25.2 Å². The first-order valence-electron chi connectivity index (χ1n) is 4.39. The fraction of sp³-hybridized carbons (Fsp3) is 0.400. The summed E-state index contributed by atoms with van der Waals surface area (Å²) in [4.78, 5) is 14.9. The lowest BCUT2D eigenvalue weighted by Gasteiger charge is -2.11. The third kappa shape index (κ3) is 1.32. The van der Waals surface area contributed by atoms with Crippen molar-refractivity contribution >= 4 is 17.4 Å². The molecular weight excluding hydrogens is 205 g/mol. The third-order valence-electron chi connectivity index (χ3n) is 2.75. The van der Waals surface area contributed by atoms with Crippen LogP contribution in [0.3, 0.4) is 0 Å². The highest BCUT2D eigenvalue weighted by atomic mass is 35.5. The van der Waals surface area contributed by atoms with Crippen molar-refractivity contribution in [3.63, 3.8) is 0 Å². The van der Waals surface area contributed by atoms with E-state index in [-0.39, 0.29) is 5.78 Å². The molecule has 1 aliphatic carbocycles. The van der Waals surface area contributed by atoms with Gasteiger partial charge in [-0.05, 0) is 25.8 Å². The molecule has 0 unspecified atom stereocenters. The molecule has 0 amide bonds. The van der Waals surface area contributed by atoms with E-state index in [0.29, 0.717) is 23.4 Å². The summed E-state index contributed by atoms with van der Waals surface area (Å²) in [5.41, 5.74) is -0.292. The molecule has 2 nitrogen and oxygen atoms in total. The van der Waals surface area contributed by atoms with Gasteiger partial charge in [0.2, 0.25) is 5.95 Å². The predicted octanol–water partition coefficient (Wildman–Crippen LogP) is 2.49. The molecule has 0 aromatic carbocycles. The van der Waals surface area contributed by atoms with Gasteiger partial charge in [0, 0.05) is 11.8 Å². The van der Waals surface area contributed by atoms with Crippen molar-refractivity contribution in [3.8, 4) is 0 Å². The molecule has 74 valence electrons. The molecule has 1 fully saturated rings. The first kappa shape index (κ1) is 9.59. The highest BCUT2D eigenvalue weighted by Gasteiger charge is 2.50. The molecule has 1 aliphatic rings. The average Bonchev–Trinajstić information content (AvgIpc) is 2.90. The topological polar surface area (TPSA) is 30.0 Å². The molecule has 0 saturated heterocycles. The lowest BCUT2D eigenvalue weighted by molar-refractivity contribution is -0.119. The average molecular weight is 214 g/mol. The number of carbonyl (C=O) groups excluding carboxylic acids is 1. The number of hydrogen-bond acceptors (Lipinski definition) is 2. The van der Waals surface area contributed by atoms with Crippen molar-refractivity contribution in [1.82, 2.24) is 4.98 Å². The second-order valence-corrected chi connectivity index (χ2v) is 4.07. The number of carbonyl (C=O) groups is 1. The molecule has 0 N–H and O–H groups in total. The Kier molecular flexibility index (Phi) is 2.07. The van der Waals surface area contributed by atoms with E-state index < -0.39 is 11.4 Å². The Hall–Kier alpha value is -0.960. The number of aromatic nitrogens is 1. The van der Waals surface area contributed by atoms with Crippen LogP contribution in [0, 0.1) is 5.95 Å². The number of nitrogens with zero attached hydrogens (tertiary/aromatic N) is 1. The van der Waals surface area contributed by atoms with Gasteiger partial charge in [0.1, 0.15) is 5.78 Å². The van der Waals surface area contributed by atoms with Crippen molar-refractivity contribution < 1.29 is 9.18 Å². The maximum absolute atomic E-state index is 13.3. The lowest BCUT2D eigenvalue weighted by Crippen LogP contribution is -2.19. The number of pyridine rings is 1. The zero-order valence-corrected chi connectivity index (χ0v) is 8.44.